The fourth-order valence-corrected chi connectivity index (χ4v) is 10.1. The molecular weight excluding hydrogens is 888 g/mol. The Kier molecular flexibility index (Phi) is 52.1. The Hall–Kier alpha value is -1.02. The highest BCUT2D eigenvalue weighted by molar-refractivity contribution is 7.47. The smallest absolute Gasteiger partial charge is 0.387 e. The van der Waals surface area contributed by atoms with Gasteiger partial charge in [-0.1, -0.05) is 295 Å². The lowest BCUT2D eigenvalue weighted by molar-refractivity contribution is -0.870. The first kappa shape index (κ1) is 69.0. The molecule has 416 valence electrons. The Morgan fingerprint density at radius 1 is 0.471 bits per heavy atom. The lowest BCUT2D eigenvalue weighted by Gasteiger charge is -2.25. The van der Waals surface area contributed by atoms with Crippen molar-refractivity contribution in [3.8, 4) is 0 Å². The third kappa shape index (κ3) is 54.7. The summed E-state index contributed by atoms with van der Waals surface area (Å²) in [5, 5.41) is 13.8. The van der Waals surface area contributed by atoms with E-state index in [9.17, 15) is 19.4 Å². The molecule has 70 heavy (non-hydrogen) atoms. The second-order valence-corrected chi connectivity index (χ2v) is 23.9. The molecule has 8 nitrogen and oxygen atoms in total. The number of hydrogen-bond donors (Lipinski definition) is 3. The minimum absolute atomic E-state index is 0.0582. The first-order chi connectivity index (χ1) is 34.0. The van der Waals surface area contributed by atoms with Gasteiger partial charge in [0.05, 0.1) is 39.9 Å². The van der Waals surface area contributed by atoms with Gasteiger partial charge in [-0.05, 0) is 32.1 Å². The second kappa shape index (κ2) is 52.8. The maximum atomic E-state index is 12.9. The van der Waals surface area contributed by atoms with Gasteiger partial charge in [-0.2, -0.15) is 0 Å². The van der Waals surface area contributed by atoms with Crippen LogP contribution in [0.25, 0.3) is 0 Å². The second-order valence-electron chi connectivity index (χ2n) is 22.4. The Labute approximate surface area is 436 Å². The summed E-state index contributed by atoms with van der Waals surface area (Å²) in [6.07, 6.45) is 67.7. The van der Waals surface area contributed by atoms with Gasteiger partial charge in [0, 0.05) is 6.42 Å². The molecule has 0 aliphatic rings. The molecule has 3 N–H and O–H groups in total. The largest absolute Gasteiger partial charge is 0.472 e. The maximum absolute atomic E-state index is 12.9. The fraction of sp³-hybridized carbons (Fsp3) is 0.918. The number of carbonyl (C=O) groups is 1. The van der Waals surface area contributed by atoms with Gasteiger partial charge in [0.1, 0.15) is 13.2 Å². The number of allylic oxidation sites excluding steroid dienone is 3. The van der Waals surface area contributed by atoms with E-state index in [0.29, 0.717) is 17.4 Å². The first-order valence-electron chi connectivity index (χ1n) is 30.7. The summed E-state index contributed by atoms with van der Waals surface area (Å²) in [7, 11) is 1.56. The third-order valence-electron chi connectivity index (χ3n) is 14.2. The molecule has 0 spiro atoms. The van der Waals surface area contributed by atoms with Crippen molar-refractivity contribution in [2.45, 2.75) is 321 Å². The molecule has 0 fully saturated rings. The number of aliphatic hydroxyl groups is 1. The van der Waals surface area contributed by atoms with Crippen LogP contribution < -0.4 is 5.32 Å². The van der Waals surface area contributed by atoms with E-state index in [1.807, 2.05) is 27.2 Å². The van der Waals surface area contributed by atoms with E-state index in [1.54, 1.807) is 6.08 Å². The number of quaternary nitrogens is 1. The standard InChI is InChI=1S/C61H121N2O6P/c1-6-8-10-12-14-16-18-19-20-21-22-23-24-25-26-27-28-29-30-31-32-33-34-35-36-37-38-39-40-41-42-43-44-45-47-49-51-53-55-61(65)62-59(58-69-70(66,67)68-57-56-63(3,4)5)60(64)54-52-50-48-46-17-15-13-11-9-7-2/h17,46,52,54,59-60,64H,6-16,18-45,47-51,53,55-58H2,1-5H3,(H-,62,65,66,67)/p+1/b46-17+,54-52+. The molecule has 0 aromatic rings. The van der Waals surface area contributed by atoms with Crippen LogP contribution in [0, 0.1) is 0 Å². The molecular formula is C61H122N2O6P+. The van der Waals surface area contributed by atoms with Gasteiger partial charge in [0.25, 0.3) is 0 Å². The Morgan fingerprint density at radius 3 is 1.14 bits per heavy atom. The van der Waals surface area contributed by atoms with Crippen molar-refractivity contribution in [1.82, 2.24) is 5.32 Å². The zero-order chi connectivity index (χ0) is 51.3. The summed E-state index contributed by atoms with van der Waals surface area (Å²) in [5.74, 6) is -0.183. The predicted molar refractivity (Wildman–Crippen MR) is 305 cm³/mol. The van der Waals surface area contributed by atoms with Gasteiger partial charge >= 0.3 is 7.82 Å². The van der Waals surface area contributed by atoms with Gasteiger partial charge in [0.15, 0.2) is 0 Å². The minimum atomic E-state index is -4.34. The number of nitrogens with one attached hydrogen (secondary N) is 1. The summed E-state index contributed by atoms with van der Waals surface area (Å²) in [5.41, 5.74) is 0. The van der Waals surface area contributed by atoms with Crippen molar-refractivity contribution in [1.29, 1.82) is 0 Å². The molecule has 3 atom stereocenters. The zero-order valence-electron chi connectivity index (χ0n) is 47.5. The van der Waals surface area contributed by atoms with Crippen LogP contribution in [0.2, 0.25) is 0 Å². The van der Waals surface area contributed by atoms with Crippen molar-refractivity contribution in [3.05, 3.63) is 24.3 Å². The van der Waals surface area contributed by atoms with Crippen molar-refractivity contribution in [2.75, 3.05) is 40.9 Å². The average Bonchev–Trinajstić information content (AvgIpc) is 3.32. The third-order valence-corrected chi connectivity index (χ3v) is 15.2. The molecule has 1 amide bonds. The highest BCUT2D eigenvalue weighted by Crippen LogP contribution is 2.43. The molecule has 0 aliphatic carbocycles. The minimum Gasteiger partial charge on any atom is -0.387 e. The van der Waals surface area contributed by atoms with Crippen molar-refractivity contribution >= 4 is 13.7 Å². The molecule has 0 aromatic carbocycles. The van der Waals surface area contributed by atoms with Gasteiger partial charge in [-0.25, -0.2) is 4.57 Å². The molecule has 0 heterocycles. The molecule has 0 rings (SSSR count). The normalized spacial score (nSPS) is 14.0. The predicted octanol–water partition coefficient (Wildman–Crippen LogP) is 18.8. The number of amides is 1. The quantitative estimate of drug-likeness (QED) is 0.0243. The molecule has 0 radical (unpaired) electrons. The lowest BCUT2D eigenvalue weighted by atomic mass is 10.0. The number of aliphatic hydroxyl groups excluding tert-OH is 1. The fourth-order valence-electron chi connectivity index (χ4n) is 9.36. The van der Waals surface area contributed by atoms with Gasteiger partial charge < -0.3 is 19.8 Å². The van der Waals surface area contributed by atoms with Gasteiger partial charge in [-0.15, -0.1) is 0 Å². The summed E-state index contributed by atoms with van der Waals surface area (Å²) in [4.78, 5) is 23.2. The van der Waals surface area contributed by atoms with E-state index in [0.717, 1.165) is 38.5 Å². The summed E-state index contributed by atoms with van der Waals surface area (Å²) >= 11 is 0. The van der Waals surface area contributed by atoms with Crippen LogP contribution in [0.4, 0.5) is 0 Å². The number of hydrogen-bond acceptors (Lipinski definition) is 5. The molecule has 9 heteroatoms. The number of likely N-dealkylation sites (N-methyl/N-ethyl adjacent to an activating group) is 1. The van der Waals surface area contributed by atoms with Crippen LogP contribution in [0.15, 0.2) is 24.3 Å². The van der Waals surface area contributed by atoms with Crippen molar-refractivity contribution in [2.24, 2.45) is 0 Å². The van der Waals surface area contributed by atoms with E-state index in [2.05, 4.69) is 31.3 Å². The summed E-state index contributed by atoms with van der Waals surface area (Å²) < 4.78 is 23.6. The number of nitrogens with zero attached hydrogens (tertiary/aromatic N) is 1. The van der Waals surface area contributed by atoms with Gasteiger partial charge in [-0.3, -0.25) is 13.8 Å². The highest BCUT2D eigenvalue weighted by Gasteiger charge is 2.27. The summed E-state index contributed by atoms with van der Waals surface area (Å²) in [6.45, 7) is 4.79. The maximum Gasteiger partial charge on any atom is 0.472 e. The molecule has 0 aromatic heterocycles. The average molecular weight is 1010 g/mol. The van der Waals surface area contributed by atoms with Gasteiger partial charge in [0.2, 0.25) is 5.91 Å². The topological polar surface area (TPSA) is 105 Å². The molecule has 3 unspecified atom stereocenters. The van der Waals surface area contributed by atoms with Crippen LogP contribution in [0.3, 0.4) is 0 Å². The number of rotatable bonds is 57. The molecule has 0 saturated carbocycles. The number of carbonyl (C=O) groups excluding carboxylic acids is 1. The molecule has 0 saturated heterocycles. The number of phosphoric ester groups is 1. The zero-order valence-corrected chi connectivity index (χ0v) is 48.4. The van der Waals surface area contributed by atoms with Crippen LogP contribution >= 0.6 is 7.82 Å². The van der Waals surface area contributed by atoms with E-state index in [1.165, 1.54) is 250 Å². The Balaban J connectivity index is 3.80. The van der Waals surface area contributed by atoms with E-state index >= 15 is 0 Å². The Bertz CT molecular complexity index is 1190. The van der Waals surface area contributed by atoms with Crippen molar-refractivity contribution < 1.29 is 32.9 Å². The summed E-state index contributed by atoms with van der Waals surface area (Å²) in [6, 6.07) is -0.858. The Morgan fingerprint density at radius 2 is 0.786 bits per heavy atom. The van der Waals surface area contributed by atoms with E-state index in [-0.39, 0.29) is 19.1 Å². The van der Waals surface area contributed by atoms with Crippen molar-refractivity contribution in [3.63, 3.8) is 0 Å². The van der Waals surface area contributed by atoms with Crippen LogP contribution in [0.1, 0.15) is 309 Å². The highest BCUT2D eigenvalue weighted by atomic mass is 31.2. The molecule has 0 bridgehead atoms. The SMILES string of the molecule is CCCCCC/C=C/CC/C=C/C(O)C(COP(=O)(O)OCC[N+](C)(C)C)NC(=O)CCCCCCCCCCCCCCCCCCCCCCCCCCCCCCCCCCCCCCCC. The van der Waals surface area contributed by atoms with E-state index < -0.39 is 20.0 Å². The van der Waals surface area contributed by atoms with Crippen LogP contribution in [0.5, 0.6) is 0 Å². The first-order valence-corrected chi connectivity index (χ1v) is 32.2. The monoisotopic (exact) mass is 1010 g/mol. The molecule has 0 aliphatic heterocycles. The van der Waals surface area contributed by atoms with Crippen LogP contribution in [-0.4, -0.2) is 73.4 Å². The lowest BCUT2D eigenvalue weighted by Crippen LogP contribution is -2.45. The van der Waals surface area contributed by atoms with Crippen LogP contribution in [-0.2, 0) is 18.4 Å². The van der Waals surface area contributed by atoms with E-state index in [4.69, 9.17) is 9.05 Å². The number of unbranched alkanes of at least 4 members (excludes halogenated alkanes) is 42. The number of phosphoric acid groups is 1.